The molecule has 3 aromatic rings. The first-order valence-electron chi connectivity index (χ1n) is 14.2. The predicted molar refractivity (Wildman–Crippen MR) is 158 cm³/mol. The van der Waals surface area contributed by atoms with Crippen molar-refractivity contribution in [2.75, 3.05) is 20.2 Å². The Kier molecular flexibility index (Phi) is 11.5. The van der Waals surface area contributed by atoms with Crippen LogP contribution in [0.1, 0.15) is 87.5 Å². The molecule has 226 valence electrons. The Balaban J connectivity index is 1.68. The van der Waals surface area contributed by atoms with E-state index in [-0.39, 0.29) is 12.4 Å². The first kappa shape index (κ1) is 32.2. The maximum absolute atomic E-state index is 12.7. The molecule has 1 atom stereocenters. The van der Waals surface area contributed by atoms with Crippen LogP contribution in [0.15, 0.2) is 60.9 Å². The molecule has 3 rings (SSSR count). The summed E-state index contributed by atoms with van der Waals surface area (Å²) in [6, 6.07) is 13.5. The largest absolute Gasteiger partial charge is 0.494 e. The van der Waals surface area contributed by atoms with Gasteiger partial charge in [-0.25, -0.2) is 23.9 Å². The number of imidazole rings is 1. The van der Waals surface area contributed by atoms with Gasteiger partial charge in [0.25, 0.3) is 0 Å². The van der Waals surface area contributed by atoms with E-state index in [1.165, 1.54) is 36.6 Å². The van der Waals surface area contributed by atoms with Crippen LogP contribution in [0.5, 0.6) is 11.5 Å². The average Bonchev–Trinajstić information content (AvgIpc) is 3.43. The van der Waals surface area contributed by atoms with Gasteiger partial charge in [-0.2, -0.15) is 0 Å². The summed E-state index contributed by atoms with van der Waals surface area (Å²) in [5.74, 6) is 0.144. The van der Waals surface area contributed by atoms with Gasteiger partial charge >= 0.3 is 18.2 Å². The van der Waals surface area contributed by atoms with E-state index >= 15 is 0 Å². The maximum atomic E-state index is 12.7. The van der Waals surface area contributed by atoms with Crippen LogP contribution >= 0.6 is 0 Å². The molecule has 1 aromatic heterocycles. The highest BCUT2D eigenvalue weighted by Crippen LogP contribution is 2.27. The van der Waals surface area contributed by atoms with E-state index in [4.69, 9.17) is 14.2 Å². The van der Waals surface area contributed by atoms with Gasteiger partial charge in [-0.05, 0) is 69.2 Å². The fourth-order valence-corrected chi connectivity index (χ4v) is 4.28. The van der Waals surface area contributed by atoms with Crippen molar-refractivity contribution >= 4 is 18.2 Å². The van der Waals surface area contributed by atoms with Crippen LogP contribution < -0.4 is 9.47 Å². The summed E-state index contributed by atoms with van der Waals surface area (Å²) >= 11 is 0. The fourth-order valence-electron chi connectivity index (χ4n) is 4.28. The minimum absolute atomic E-state index is 0.103. The summed E-state index contributed by atoms with van der Waals surface area (Å²) in [5.41, 5.74) is 0.373. The van der Waals surface area contributed by atoms with Gasteiger partial charge in [0.15, 0.2) is 0 Å². The van der Waals surface area contributed by atoms with Crippen LogP contribution in [0.4, 0.5) is 9.59 Å². The number of carbonyl (C=O) groups is 3. The number of hydrogen-bond donors (Lipinski definition) is 1. The van der Waals surface area contributed by atoms with Gasteiger partial charge in [-0.1, -0.05) is 44.7 Å². The Morgan fingerprint density at radius 1 is 0.952 bits per heavy atom. The molecule has 10 heteroatoms. The Hall–Kier alpha value is -4.34. The average molecular weight is 580 g/mol. The number of likely N-dealkylation sites (N-methyl/N-ethyl adjacent to an activating group) is 1. The molecule has 42 heavy (non-hydrogen) atoms. The van der Waals surface area contributed by atoms with Gasteiger partial charge in [-0.3, -0.25) is 0 Å². The maximum Gasteiger partial charge on any atom is 0.417 e. The molecular formula is C32H41N3O7. The number of ether oxygens (including phenoxy) is 3. The van der Waals surface area contributed by atoms with E-state index < -0.39 is 29.7 Å². The number of carboxylic acid groups (broad SMARTS) is 1. The Bertz CT molecular complexity index is 1310. The Morgan fingerprint density at radius 3 is 2.21 bits per heavy atom. The molecular weight excluding hydrogens is 538 g/mol. The summed E-state index contributed by atoms with van der Waals surface area (Å²) in [4.78, 5) is 42.8. The van der Waals surface area contributed by atoms with Crippen molar-refractivity contribution in [3.05, 3.63) is 77.9 Å². The molecule has 0 fully saturated rings. The topological polar surface area (TPSA) is 120 Å². The van der Waals surface area contributed by atoms with Crippen molar-refractivity contribution < 1.29 is 33.7 Å². The number of hydrogen-bond acceptors (Lipinski definition) is 7. The highest BCUT2D eigenvalue weighted by Gasteiger charge is 2.27. The molecule has 0 aliphatic rings. The zero-order valence-corrected chi connectivity index (χ0v) is 25.0. The monoisotopic (exact) mass is 579 g/mol. The van der Waals surface area contributed by atoms with Crippen molar-refractivity contribution in [1.82, 2.24) is 14.5 Å². The van der Waals surface area contributed by atoms with Crippen LogP contribution in [0.2, 0.25) is 0 Å². The third-order valence-corrected chi connectivity index (χ3v) is 6.45. The lowest BCUT2D eigenvalue weighted by Gasteiger charge is -2.27. The minimum Gasteiger partial charge on any atom is -0.494 e. The van der Waals surface area contributed by atoms with Crippen LogP contribution in [0.25, 0.3) is 0 Å². The Morgan fingerprint density at radius 2 is 1.60 bits per heavy atom. The SMILES string of the molecule is CCCCCCCOc1ccc(C(=O)Oc2ccc(C(CN(C)C(=O)OC(C)(C)C)c3nccn3C(=O)O)cc2)cc1. The molecule has 0 radical (unpaired) electrons. The zero-order chi connectivity index (χ0) is 30.7. The third-order valence-electron chi connectivity index (χ3n) is 6.45. The molecule has 0 aliphatic heterocycles. The molecule has 0 saturated heterocycles. The lowest BCUT2D eigenvalue weighted by Crippen LogP contribution is -2.37. The van der Waals surface area contributed by atoms with Gasteiger partial charge in [-0.15, -0.1) is 0 Å². The van der Waals surface area contributed by atoms with Gasteiger partial charge in [0.1, 0.15) is 22.9 Å². The zero-order valence-electron chi connectivity index (χ0n) is 25.0. The fraction of sp³-hybridized carbons (Fsp3) is 0.438. The number of nitrogens with zero attached hydrogens (tertiary/aromatic N) is 3. The van der Waals surface area contributed by atoms with Crippen molar-refractivity contribution in [2.45, 2.75) is 71.3 Å². The second-order valence-corrected chi connectivity index (χ2v) is 11.1. The minimum atomic E-state index is -1.19. The summed E-state index contributed by atoms with van der Waals surface area (Å²) in [5, 5.41) is 9.65. The lowest BCUT2D eigenvalue weighted by atomic mass is 9.97. The molecule has 0 saturated carbocycles. The quantitative estimate of drug-likeness (QED) is 0.131. The molecule has 1 N–H and O–H groups in total. The van der Waals surface area contributed by atoms with Gasteiger partial charge in [0.05, 0.1) is 18.1 Å². The third kappa shape index (κ3) is 9.64. The second-order valence-electron chi connectivity index (χ2n) is 11.1. The number of rotatable bonds is 13. The summed E-state index contributed by atoms with van der Waals surface area (Å²) in [6.07, 6.45) is 6.79. The van der Waals surface area contributed by atoms with E-state index in [2.05, 4.69) is 11.9 Å². The van der Waals surface area contributed by atoms with Crippen molar-refractivity contribution in [3.8, 4) is 11.5 Å². The van der Waals surface area contributed by atoms with E-state index in [0.717, 1.165) is 17.4 Å². The molecule has 1 heterocycles. The first-order chi connectivity index (χ1) is 20.0. The summed E-state index contributed by atoms with van der Waals surface area (Å²) in [7, 11) is 1.58. The van der Waals surface area contributed by atoms with Crippen LogP contribution in [-0.2, 0) is 4.74 Å². The van der Waals surface area contributed by atoms with E-state index in [1.807, 2.05) is 0 Å². The molecule has 10 nitrogen and oxygen atoms in total. The van der Waals surface area contributed by atoms with E-state index in [1.54, 1.807) is 76.3 Å². The number of aromatic nitrogens is 2. The normalized spacial score (nSPS) is 11.9. The van der Waals surface area contributed by atoms with E-state index in [9.17, 15) is 19.5 Å². The molecule has 2 aromatic carbocycles. The molecule has 1 unspecified atom stereocenters. The summed E-state index contributed by atoms with van der Waals surface area (Å²) < 4.78 is 17.8. The number of unbranched alkanes of at least 4 members (excludes halogenated alkanes) is 4. The van der Waals surface area contributed by atoms with Crippen molar-refractivity contribution in [1.29, 1.82) is 0 Å². The predicted octanol–water partition coefficient (Wildman–Crippen LogP) is 6.98. The highest BCUT2D eigenvalue weighted by molar-refractivity contribution is 5.91. The van der Waals surface area contributed by atoms with Gasteiger partial charge in [0, 0.05) is 26.0 Å². The smallest absolute Gasteiger partial charge is 0.417 e. The highest BCUT2D eigenvalue weighted by atomic mass is 16.6. The number of amides is 1. The number of benzene rings is 2. The molecule has 0 spiro atoms. The first-order valence-corrected chi connectivity index (χ1v) is 14.2. The second kappa shape index (κ2) is 15.0. The lowest BCUT2D eigenvalue weighted by molar-refractivity contribution is 0.0292. The molecule has 0 aliphatic carbocycles. The molecule has 1 amide bonds. The van der Waals surface area contributed by atoms with Crippen molar-refractivity contribution in [2.24, 2.45) is 0 Å². The van der Waals surface area contributed by atoms with Crippen LogP contribution in [0.3, 0.4) is 0 Å². The number of esters is 1. The van der Waals surface area contributed by atoms with Crippen molar-refractivity contribution in [3.63, 3.8) is 0 Å². The van der Waals surface area contributed by atoms with Crippen LogP contribution in [0, 0.1) is 0 Å². The summed E-state index contributed by atoms with van der Waals surface area (Å²) in [6.45, 7) is 8.24. The van der Waals surface area contributed by atoms with Gasteiger partial charge in [0.2, 0.25) is 0 Å². The standard InChI is InChI=1S/C32H41N3O7/c1-6-7-8-9-10-21-40-25-15-13-24(14-16-25)29(36)41-26-17-11-23(12-18-26)27(28-33-19-20-35(28)30(37)38)22-34(5)31(39)42-32(2,3)4/h11-20,27H,6-10,21-22H2,1-5H3,(H,37,38). The Labute approximate surface area is 247 Å². The van der Waals surface area contributed by atoms with Gasteiger partial charge < -0.3 is 24.2 Å². The number of carbonyl (C=O) groups excluding carboxylic acids is 2. The van der Waals surface area contributed by atoms with E-state index in [0.29, 0.717) is 29.2 Å². The molecule has 0 bridgehead atoms. The van der Waals surface area contributed by atoms with Crippen LogP contribution in [-0.4, -0.2) is 63.5 Å².